The highest BCUT2D eigenvalue weighted by atomic mass is 16.2. The maximum absolute atomic E-state index is 13.1. The van der Waals surface area contributed by atoms with Crippen LogP contribution in [0.25, 0.3) is 0 Å². The molecule has 4 heterocycles. The molecule has 0 radical (unpaired) electrons. The lowest BCUT2D eigenvalue weighted by molar-refractivity contribution is -0.132. The van der Waals surface area contributed by atoms with Gasteiger partial charge in [0.1, 0.15) is 0 Å². The summed E-state index contributed by atoms with van der Waals surface area (Å²) in [7, 11) is 0. The predicted octanol–water partition coefficient (Wildman–Crippen LogP) is 2.91. The summed E-state index contributed by atoms with van der Waals surface area (Å²) < 4.78 is 0. The van der Waals surface area contributed by atoms with Crippen LogP contribution in [-0.2, 0) is 4.79 Å². The Bertz CT molecular complexity index is 700. The molecule has 2 bridgehead atoms. The number of anilines is 1. The number of hydrogen-bond donors (Lipinski definition) is 0. The topological polar surface area (TPSA) is 23.6 Å². The van der Waals surface area contributed by atoms with Crippen LogP contribution in [0.3, 0.4) is 0 Å². The minimum Gasteiger partial charge on any atom is -0.304 e. The number of carbonyl (C=O) groups is 1. The van der Waals surface area contributed by atoms with Gasteiger partial charge in [0.25, 0.3) is 0 Å². The molecule has 0 N–H and O–H groups in total. The fraction of sp³-hybridized carbons (Fsp3) is 0.632. The number of nitrogens with zero attached hydrogens (tertiary/aromatic N) is 2. The van der Waals surface area contributed by atoms with Gasteiger partial charge in [-0.2, -0.15) is 0 Å². The number of piperidine rings is 3. The van der Waals surface area contributed by atoms with Gasteiger partial charge in [-0.15, -0.1) is 0 Å². The third kappa shape index (κ3) is 1.07. The number of rotatable bonds is 0. The van der Waals surface area contributed by atoms with Gasteiger partial charge in [0.05, 0.1) is 5.54 Å². The predicted molar refractivity (Wildman–Crippen MR) is 84.9 cm³/mol. The first kappa shape index (κ1) is 12.1. The highest BCUT2D eigenvalue weighted by molar-refractivity contribution is 6.00. The molecule has 1 amide bonds. The van der Waals surface area contributed by atoms with Crippen molar-refractivity contribution >= 4 is 11.6 Å². The molecule has 0 aromatic heterocycles. The van der Waals surface area contributed by atoms with Crippen molar-refractivity contribution in [2.24, 2.45) is 5.41 Å². The van der Waals surface area contributed by atoms with Crippen LogP contribution in [0.5, 0.6) is 0 Å². The van der Waals surface area contributed by atoms with Crippen LogP contribution in [0.1, 0.15) is 50.0 Å². The quantitative estimate of drug-likeness (QED) is 0.734. The smallest absolute Gasteiger partial charge is 0.228 e. The molecule has 1 aromatic rings. The fourth-order valence-electron chi connectivity index (χ4n) is 7.18. The molecule has 1 spiro atoms. The van der Waals surface area contributed by atoms with Crippen molar-refractivity contribution in [3.8, 4) is 0 Å². The maximum Gasteiger partial charge on any atom is 0.228 e. The van der Waals surface area contributed by atoms with Crippen molar-refractivity contribution < 1.29 is 4.79 Å². The molecule has 3 saturated heterocycles. The molecule has 22 heavy (non-hydrogen) atoms. The Hall–Kier alpha value is -1.35. The molecule has 5 aliphatic rings. The summed E-state index contributed by atoms with van der Waals surface area (Å²) >= 11 is 0. The van der Waals surface area contributed by atoms with Gasteiger partial charge in [0.2, 0.25) is 5.91 Å². The summed E-state index contributed by atoms with van der Waals surface area (Å²) in [6, 6.07) is 9.37. The first-order valence-electron chi connectivity index (χ1n) is 8.92. The van der Waals surface area contributed by atoms with Crippen LogP contribution < -0.4 is 4.90 Å². The number of hydrogen-bond acceptors (Lipinski definition) is 2. The molecule has 6 rings (SSSR count). The van der Waals surface area contributed by atoms with Crippen LogP contribution in [0.2, 0.25) is 0 Å². The zero-order valence-corrected chi connectivity index (χ0v) is 12.9. The van der Waals surface area contributed by atoms with Crippen molar-refractivity contribution in [2.45, 2.75) is 56.0 Å². The molecule has 114 valence electrons. The maximum atomic E-state index is 13.1. The summed E-state index contributed by atoms with van der Waals surface area (Å²) in [5.74, 6) is 0.988. The van der Waals surface area contributed by atoms with Crippen molar-refractivity contribution in [3.63, 3.8) is 0 Å². The number of benzene rings is 1. The third-order valence-corrected chi connectivity index (χ3v) is 7.59. The standard InChI is InChI=1S/C19H22N2O/c22-16-12-18-7-3-10-20-11-6-14-13-4-1-2-5-15(13)21(16)19(14,9-8-18)17(18)20/h1-2,4-5,14,17H,3,6-12H2/t14-,17-,18-,19+/m1/s1. The zero-order chi connectivity index (χ0) is 14.5. The first-order valence-corrected chi connectivity index (χ1v) is 8.92. The fourth-order valence-corrected chi connectivity index (χ4v) is 7.18. The van der Waals surface area contributed by atoms with E-state index in [1.165, 1.54) is 56.4 Å². The average Bonchev–Trinajstić information content (AvgIpc) is 2.98. The largest absolute Gasteiger partial charge is 0.304 e. The number of para-hydroxylation sites is 1. The van der Waals surface area contributed by atoms with Gasteiger partial charge in [0.15, 0.2) is 0 Å². The number of fused-ring (bicyclic) bond motifs is 3. The summed E-state index contributed by atoms with van der Waals surface area (Å²) in [5.41, 5.74) is 3.09. The number of amides is 1. The van der Waals surface area contributed by atoms with Gasteiger partial charge < -0.3 is 4.90 Å². The highest BCUT2D eigenvalue weighted by Crippen LogP contribution is 2.69. The Kier molecular flexibility index (Phi) is 1.98. The minimum absolute atomic E-state index is 0.0949. The molecule has 1 aliphatic carbocycles. The number of carbonyl (C=O) groups excluding carboxylic acids is 1. The molecule has 4 atom stereocenters. The summed E-state index contributed by atoms with van der Waals surface area (Å²) in [6.45, 7) is 2.48. The SMILES string of the molecule is O=C1C[C@@]23CCCN4CC[C@@H]5c6ccccc6N1[C@]5(CC2)[C@H]43. The van der Waals surface area contributed by atoms with E-state index < -0.39 is 0 Å². The molecule has 3 nitrogen and oxygen atoms in total. The second-order valence-electron chi connectivity index (χ2n) is 8.20. The first-order chi connectivity index (χ1) is 10.8. The molecular weight excluding hydrogens is 272 g/mol. The van der Waals surface area contributed by atoms with E-state index in [4.69, 9.17) is 0 Å². The van der Waals surface area contributed by atoms with Crippen molar-refractivity contribution in [1.29, 1.82) is 0 Å². The van der Waals surface area contributed by atoms with Gasteiger partial charge in [-0.1, -0.05) is 18.2 Å². The summed E-state index contributed by atoms with van der Waals surface area (Å²) in [6.07, 6.45) is 7.07. The Balaban J connectivity index is 1.65. The summed E-state index contributed by atoms with van der Waals surface area (Å²) in [5, 5.41) is 0. The van der Waals surface area contributed by atoms with Crippen molar-refractivity contribution in [2.75, 3.05) is 18.0 Å². The zero-order valence-electron chi connectivity index (χ0n) is 12.9. The Morgan fingerprint density at radius 2 is 2.00 bits per heavy atom. The van der Waals surface area contributed by atoms with Crippen LogP contribution in [-0.4, -0.2) is 35.5 Å². The molecule has 4 fully saturated rings. The van der Waals surface area contributed by atoms with Crippen LogP contribution in [0.4, 0.5) is 5.69 Å². The lowest BCUT2D eigenvalue weighted by Crippen LogP contribution is -2.73. The normalized spacial score (nSPS) is 44.9. The highest BCUT2D eigenvalue weighted by Gasteiger charge is 2.73. The molecule has 1 aromatic carbocycles. The van der Waals surface area contributed by atoms with E-state index in [2.05, 4.69) is 34.1 Å². The molecule has 4 aliphatic heterocycles. The molecule has 0 unspecified atom stereocenters. The lowest BCUT2D eigenvalue weighted by atomic mass is 9.61. The third-order valence-electron chi connectivity index (χ3n) is 7.59. The van der Waals surface area contributed by atoms with E-state index in [1.807, 2.05) is 0 Å². The van der Waals surface area contributed by atoms with Crippen LogP contribution in [0.15, 0.2) is 24.3 Å². The Morgan fingerprint density at radius 1 is 1.09 bits per heavy atom. The van der Waals surface area contributed by atoms with Gasteiger partial charge in [0, 0.05) is 24.1 Å². The molecule has 3 heteroatoms. The Labute approximate surface area is 131 Å². The molecular formula is C19H22N2O. The minimum atomic E-state index is 0.0949. The van der Waals surface area contributed by atoms with Gasteiger partial charge in [-0.05, 0) is 62.2 Å². The second-order valence-corrected chi connectivity index (χ2v) is 8.20. The van der Waals surface area contributed by atoms with E-state index in [1.54, 1.807) is 0 Å². The van der Waals surface area contributed by atoms with Gasteiger partial charge in [-0.3, -0.25) is 9.69 Å². The van der Waals surface area contributed by atoms with E-state index in [-0.39, 0.29) is 5.54 Å². The lowest BCUT2D eigenvalue weighted by Gasteiger charge is -2.61. The van der Waals surface area contributed by atoms with Crippen LogP contribution >= 0.6 is 0 Å². The average molecular weight is 294 g/mol. The van der Waals surface area contributed by atoms with Crippen LogP contribution in [0, 0.1) is 5.41 Å². The van der Waals surface area contributed by atoms with Gasteiger partial charge >= 0.3 is 0 Å². The van der Waals surface area contributed by atoms with E-state index >= 15 is 0 Å². The van der Waals surface area contributed by atoms with E-state index in [0.29, 0.717) is 23.3 Å². The van der Waals surface area contributed by atoms with Gasteiger partial charge in [-0.25, -0.2) is 0 Å². The van der Waals surface area contributed by atoms with E-state index in [0.717, 1.165) is 6.42 Å². The summed E-state index contributed by atoms with van der Waals surface area (Å²) in [4.78, 5) is 18.2. The van der Waals surface area contributed by atoms with Crippen molar-refractivity contribution in [3.05, 3.63) is 29.8 Å². The monoisotopic (exact) mass is 294 g/mol. The Morgan fingerprint density at radius 3 is 2.95 bits per heavy atom. The van der Waals surface area contributed by atoms with Crippen molar-refractivity contribution in [1.82, 2.24) is 4.90 Å². The molecule has 1 saturated carbocycles. The van der Waals surface area contributed by atoms with E-state index in [9.17, 15) is 4.79 Å². The second kappa shape index (κ2) is 3.59.